The number of thiophene rings is 1. The predicted molar refractivity (Wildman–Crippen MR) is 120 cm³/mol. The van der Waals surface area contributed by atoms with Crippen LogP contribution in [0, 0.1) is 13.8 Å². The van der Waals surface area contributed by atoms with Crippen molar-refractivity contribution in [2.75, 3.05) is 48.9 Å². The molecule has 0 unspecified atom stereocenters. The summed E-state index contributed by atoms with van der Waals surface area (Å²) in [4.78, 5) is 28.2. The summed E-state index contributed by atoms with van der Waals surface area (Å²) in [6.07, 6.45) is 2.21. The maximum atomic E-state index is 12.7. The van der Waals surface area contributed by atoms with Crippen molar-refractivity contribution in [1.29, 1.82) is 0 Å². The number of hydrogen-bond donors (Lipinski definition) is 1. The molecular weight excluding hydrogens is 438 g/mol. The van der Waals surface area contributed by atoms with Gasteiger partial charge in [0.25, 0.3) is 0 Å². The molecule has 1 N–H and O–H groups in total. The van der Waals surface area contributed by atoms with Crippen LogP contribution in [0.25, 0.3) is 0 Å². The molecule has 0 aromatic carbocycles. The largest absolute Gasteiger partial charge is 0.462 e. The van der Waals surface area contributed by atoms with Crippen molar-refractivity contribution in [2.45, 2.75) is 44.8 Å². The summed E-state index contributed by atoms with van der Waals surface area (Å²) in [5, 5.41) is 13.0. The number of hydrogen-bond acceptors (Lipinski definition) is 9. The minimum Gasteiger partial charge on any atom is -0.462 e. The Balaban J connectivity index is 1.44. The van der Waals surface area contributed by atoms with E-state index in [1.54, 1.807) is 6.92 Å². The quantitative estimate of drug-likeness (QED) is 0.469. The number of thioether (sulfide) groups is 1. The van der Waals surface area contributed by atoms with Gasteiger partial charge >= 0.3 is 5.97 Å². The molecule has 0 radical (unpaired) electrons. The summed E-state index contributed by atoms with van der Waals surface area (Å²) in [6.45, 7) is 8.82. The molecule has 1 amide bonds. The van der Waals surface area contributed by atoms with Gasteiger partial charge in [-0.15, -0.1) is 21.5 Å². The molecule has 1 aliphatic carbocycles. The van der Waals surface area contributed by atoms with Crippen LogP contribution >= 0.6 is 23.1 Å². The molecule has 0 spiro atoms. The van der Waals surface area contributed by atoms with Crippen LogP contribution in [0.5, 0.6) is 0 Å². The normalized spacial score (nSPS) is 16.4. The van der Waals surface area contributed by atoms with E-state index < -0.39 is 5.97 Å². The van der Waals surface area contributed by atoms with E-state index in [1.807, 2.05) is 13.8 Å². The van der Waals surface area contributed by atoms with Gasteiger partial charge in [-0.3, -0.25) is 9.36 Å². The van der Waals surface area contributed by atoms with E-state index in [0.717, 1.165) is 47.5 Å². The topological polar surface area (TPSA) is 98.6 Å². The second-order valence-corrected chi connectivity index (χ2v) is 9.70. The maximum Gasteiger partial charge on any atom is 0.341 e. The second kappa shape index (κ2) is 9.58. The van der Waals surface area contributed by atoms with Crippen LogP contribution in [0.4, 0.5) is 10.9 Å². The molecule has 2 aliphatic rings. The van der Waals surface area contributed by atoms with Crippen LogP contribution in [0.2, 0.25) is 0 Å². The lowest BCUT2D eigenvalue weighted by atomic mass is 10.1. The average Bonchev–Trinajstić information content (AvgIpc) is 3.44. The van der Waals surface area contributed by atoms with Gasteiger partial charge < -0.3 is 19.7 Å². The van der Waals surface area contributed by atoms with Gasteiger partial charge in [-0.2, -0.15) is 0 Å². The number of ether oxygens (including phenoxy) is 2. The minimum absolute atomic E-state index is 0.185. The van der Waals surface area contributed by atoms with E-state index in [4.69, 9.17) is 9.47 Å². The Hall–Kier alpha value is -2.11. The molecular formula is C20H27N5O4S2. The van der Waals surface area contributed by atoms with Crippen LogP contribution in [0.15, 0.2) is 5.16 Å². The molecule has 11 heteroatoms. The number of nitrogens with one attached hydrogen (secondary N) is 1. The Kier molecular flexibility index (Phi) is 6.83. The lowest BCUT2D eigenvalue weighted by Crippen LogP contribution is -2.38. The van der Waals surface area contributed by atoms with Crippen LogP contribution in [-0.2, 0) is 14.3 Å². The van der Waals surface area contributed by atoms with Crippen molar-refractivity contribution >= 4 is 45.9 Å². The fraction of sp³-hybridized carbons (Fsp3) is 0.600. The van der Waals surface area contributed by atoms with Gasteiger partial charge in [0.1, 0.15) is 5.00 Å². The number of carbonyl (C=O) groups excluding carboxylic acids is 2. The highest BCUT2D eigenvalue weighted by Crippen LogP contribution is 2.41. The van der Waals surface area contributed by atoms with Gasteiger partial charge in [0.05, 0.1) is 31.1 Å². The third-order valence-corrected chi connectivity index (χ3v) is 7.37. The highest BCUT2D eigenvalue weighted by Gasteiger charge is 2.32. The molecule has 1 aliphatic heterocycles. The van der Waals surface area contributed by atoms with E-state index in [-0.39, 0.29) is 11.7 Å². The molecule has 1 saturated carbocycles. The molecule has 2 aromatic heterocycles. The zero-order valence-corrected chi connectivity index (χ0v) is 19.6. The third-order valence-electron chi connectivity index (χ3n) is 5.30. The molecule has 3 heterocycles. The van der Waals surface area contributed by atoms with Gasteiger partial charge in [0, 0.05) is 24.0 Å². The summed E-state index contributed by atoms with van der Waals surface area (Å²) in [6, 6.07) is 0.399. The third kappa shape index (κ3) is 4.88. The number of aromatic nitrogens is 3. The maximum absolute atomic E-state index is 12.7. The van der Waals surface area contributed by atoms with Crippen LogP contribution in [0.1, 0.15) is 46.6 Å². The first-order valence-corrected chi connectivity index (χ1v) is 12.3. The SMILES string of the molecule is CCOC(=O)c1c(NC(=O)CSc2nnc(N3CCOCC3)n2C2CC2)sc(C)c1C. The molecule has 9 nitrogen and oxygen atoms in total. The van der Waals surface area contributed by atoms with Crippen LogP contribution in [0.3, 0.4) is 0 Å². The molecule has 0 atom stereocenters. The molecule has 4 rings (SSSR count). The molecule has 1 saturated heterocycles. The first-order valence-electron chi connectivity index (χ1n) is 10.5. The number of aryl methyl sites for hydroxylation is 1. The number of rotatable bonds is 8. The summed E-state index contributed by atoms with van der Waals surface area (Å²) >= 11 is 2.76. The van der Waals surface area contributed by atoms with Crippen molar-refractivity contribution in [1.82, 2.24) is 14.8 Å². The smallest absolute Gasteiger partial charge is 0.341 e. The second-order valence-electron chi connectivity index (χ2n) is 7.53. The Bertz CT molecular complexity index is 963. The number of esters is 1. The molecule has 2 aromatic rings. The van der Waals surface area contributed by atoms with E-state index >= 15 is 0 Å². The zero-order chi connectivity index (χ0) is 22.0. The van der Waals surface area contributed by atoms with Crippen molar-refractivity contribution in [3.63, 3.8) is 0 Å². The summed E-state index contributed by atoms with van der Waals surface area (Å²) < 4.78 is 12.8. The summed E-state index contributed by atoms with van der Waals surface area (Å²) in [7, 11) is 0. The van der Waals surface area contributed by atoms with Gasteiger partial charge in [-0.25, -0.2) is 4.79 Å². The molecule has 31 heavy (non-hydrogen) atoms. The number of nitrogens with zero attached hydrogens (tertiary/aromatic N) is 4. The molecule has 0 bridgehead atoms. The van der Waals surface area contributed by atoms with Crippen molar-refractivity contribution in [2.24, 2.45) is 0 Å². The fourth-order valence-electron chi connectivity index (χ4n) is 3.46. The van der Waals surface area contributed by atoms with Crippen LogP contribution in [-0.4, -0.2) is 65.3 Å². The van der Waals surface area contributed by atoms with Crippen LogP contribution < -0.4 is 10.2 Å². The van der Waals surface area contributed by atoms with Crippen molar-refractivity contribution < 1.29 is 19.1 Å². The van der Waals surface area contributed by atoms with E-state index in [1.165, 1.54) is 23.1 Å². The number of morpholine rings is 1. The highest BCUT2D eigenvalue weighted by atomic mass is 32.2. The first kappa shape index (κ1) is 22.1. The number of carbonyl (C=O) groups is 2. The van der Waals surface area contributed by atoms with E-state index in [2.05, 4.69) is 25.0 Å². The lowest BCUT2D eigenvalue weighted by molar-refractivity contribution is -0.113. The number of anilines is 2. The Morgan fingerprint density at radius 2 is 2.00 bits per heavy atom. The Morgan fingerprint density at radius 1 is 1.26 bits per heavy atom. The van der Waals surface area contributed by atoms with Crippen molar-refractivity contribution in [3.05, 3.63) is 16.0 Å². The van der Waals surface area contributed by atoms with Gasteiger partial charge in [-0.05, 0) is 39.2 Å². The predicted octanol–water partition coefficient (Wildman–Crippen LogP) is 3.04. The monoisotopic (exact) mass is 465 g/mol. The highest BCUT2D eigenvalue weighted by molar-refractivity contribution is 7.99. The molecule has 2 fully saturated rings. The lowest BCUT2D eigenvalue weighted by Gasteiger charge is -2.27. The van der Waals surface area contributed by atoms with Crippen molar-refractivity contribution in [3.8, 4) is 0 Å². The average molecular weight is 466 g/mol. The zero-order valence-electron chi connectivity index (χ0n) is 18.0. The van der Waals surface area contributed by atoms with Gasteiger partial charge in [0.2, 0.25) is 11.9 Å². The minimum atomic E-state index is -0.407. The van der Waals surface area contributed by atoms with E-state index in [9.17, 15) is 9.59 Å². The van der Waals surface area contributed by atoms with Gasteiger partial charge in [-0.1, -0.05) is 11.8 Å². The fourth-order valence-corrected chi connectivity index (χ4v) is 5.32. The standard InChI is InChI=1S/C20H27N5O4S2/c1-4-29-18(27)16-12(2)13(3)31-17(16)21-15(26)11-30-20-23-22-19(25(20)14-5-6-14)24-7-9-28-10-8-24/h14H,4-11H2,1-3H3,(H,21,26). The number of amides is 1. The molecule has 168 valence electrons. The van der Waals surface area contributed by atoms with E-state index in [0.29, 0.717) is 36.4 Å². The van der Waals surface area contributed by atoms with Gasteiger partial charge in [0.15, 0.2) is 5.16 Å². The first-order chi connectivity index (χ1) is 15.0. The summed E-state index contributed by atoms with van der Waals surface area (Å²) in [5.41, 5.74) is 1.29. The Labute approximate surface area is 189 Å². The summed E-state index contributed by atoms with van der Waals surface area (Å²) in [5.74, 6) is 0.459. The Morgan fingerprint density at radius 3 is 2.68 bits per heavy atom.